The summed E-state index contributed by atoms with van der Waals surface area (Å²) in [5.41, 5.74) is 3.76. The lowest BCUT2D eigenvalue weighted by molar-refractivity contribution is 0.0653. The Balaban J connectivity index is 1.57. The molecular weight excluding hydrogens is 355 g/mol. The third kappa shape index (κ3) is 3.77. The number of hydrogen-bond donors (Lipinski definition) is 1. The van der Waals surface area contributed by atoms with Gasteiger partial charge in [0.05, 0.1) is 5.56 Å². The zero-order valence-electron chi connectivity index (χ0n) is 15.6. The second kappa shape index (κ2) is 7.12. The van der Waals surface area contributed by atoms with Crippen LogP contribution < -0.4 is 4.74 Å². The van der Waals surface area contributed by atoms with Crippen molar-refractivity contribution in [2.24, 2.45) is 0 Å². The lowest BCUT2D eigenvalue weighted by Gasteiger charge is -2.36. The maximum atomic E-state index is 13.5. The molecule has 0 fully saturated rings. The van der Waals surface area contributed by atoms with Crippen molar-refractivity contribution in [3.05, 3.63) is 89.2 Å². The number of aryl methyl sites for hydroxylation is 1. The van der Waals surface area contributed by atoms with Crippen molar-refractivity contribution >= 4 is 5.97 Å². The summed E-state index contributed by atoms with van der Waals surface area (Å²) in [6.45, 7) is 2.06. The average Bonchev–Trinajstić information content (AvgIpc) is 2.67. The average molecular weight is 376 g/mol. The Morgan fingerprint density at radius 2 is 1.86 bits per heavy atom. The topological polar surface area (TPSA) is 46.5 Å². The van der Waals surface area contributed by atoms with E-state index < -0.39 is 5.97 Å². The minimum Gasteiger partial charge on any atom is -0.487 e. The molecule has 3 nitrogen and oxygen atoms in total. The molecule has 4 rings (SSSR count). The Morgan fingerprint density at radius 3 is 2.64 bits per heavy atom. The number of hydrogen-bond acceptors (Lipinski definition) is 2. The summed E-state index contributed by atoms with van der Waals surface area (Å²) >= 11 is 0. The van der Waals surface area contributed by atoms with Gasteiger partial charge < -0.3 is 9.84 Å². The zero-order chi connectivity index (χ0) is 19.7. The molecule has 0 spiro atoms. The van der Waals surface area contributed by atoms with Crippen molar-refractivity contribution in [2.75, 3.05) is 0 Å². The van der Waals surface area contributed by atoms with Gasteiger partial charge in [-0.05, 0) is 78.4 Å². The van der Waals surface area contributed by atoms with Gasteiger partial charge in [0, 0.05) is 6.42 Å². The molecule has 0 aromatic heterocycles. The van der Waals surface area contributed by atoms with Gasteiger partial charge >= 0.3 is 5.97 Å². The molecule has 3 aromatic carbocycles. The largest absolute Gasteiger partial charge is 0.487 e. The molecule has 0 saturated heterocycles. The Morgan fingerprint density at radius 1 is 1.07 bits per heavy atom. The van der Waals surface area contributed by atoms with Crippen molar-refractivity contribution in [3.63, 3.8) is 0 Å². The SMILES string of the molecule is CC1(Cc2cccc(F)c2)CCc2cc(-c3cccc(C(=O)O)c3)ccc2O1. The van der Waals surface area contributed by atoms with E-state index in [1.54, 1.807) is 30.3 Å². The normalized spacial score (nSPS) is 18.2. The highest BCUT2D eigenvalue weighted by Gasteiger charge is 2.32. The highest BCUT2D eigenvalue weighted by atomic mass is 19.1. The third-order valence-corrected chi connectivity index (χ3v) is 5.25. The number of carboxylic acids is 1. The van der Waals surface area contributed by atoms with Crippen LogP contribution in [0.2, 0.25) is 0 Å². The van der Waals surface area contributed by atoms with Gasteiger partial charge in [-0.1, -0.05) is 30.3 Å². The molecule has 4 heteroatoms. The summed E-state index contributed by atoms with van der Waals surface area (Å²) < 4.78 is 19.8. The number of carboxylic acid groups (broad SMARTS) is 1. The number of fused-ring (bicyclic) bond motifs is 1. The van der Waals surface area contributed by atoms with E-state index in [1.807, 2.05) is 24.3 Å². The summed E-state index contributed by atoms with van der Waals surface area (Å²) in [6.07, 6.45) is 2.33. The van der Waals surface area contributed by atoms with E-state index in [9.17, 15) is 14.3 Å². The molecule has 0 radical (unpaired) electrons. The van der Waals surface area contributed by atoms with Crippen LogP contribution in [0, 0.1) is 5.82 Å². The molecule has 1 heterocycles. The van der Waals surface area contributed by atoms with Crippen LogP contribution in [0.5, 0.6) is 5.75 Å². The number of benzene rings is 3. The summed E-state index contributed by atoms with van der Waals surface area (Å²) in [5.74, 6) is -0.329. The van der Waals surface area contributed by atoms with Crippen LogP contribution in [0.1, 0.15) is 34.8 Å². The first-order valence-electron chi connectivity index (χ1n) is 9.32. The van der Waals surface area contributed by atoms with Crippen molar-refractivity contribution in [3.8, 4) is 16.9 Å². The van der Waals surface area contributed by atoms with E-state index in [4.69, 9.17) is 4.74 Å². The number of carbonyl (C=O) groups is 1. The lowest BCUT2D eigenvalue weighted by atomic mass is 9.86. The van der Waals surface area contributed by atoms with E-state index in [2.05, 4.69) is 13.0 Å². The van der Waals surface area contributed by atoms with Crippen LogP contribution in [-0.2, 0) is 12.8 Å². The first-order valence-corrected chi connectivity index (χ1v) is 9.32. The van der Waals surface area contributed by atoms with Gasteiger partial charge in [-0.25, -0.2) is 9.18 Å². The second-order valence-corrected chi connectivity index (χ2v) is 7.57. The van der Waals surface area contributed by atoms with Crippen molar-refractivity contribution < 1.29 is 19.0 Å². The van der Waals surface area contributed by atoms with E-state index in [-0.39, 0.29) is 17.0 Å². The molecule has 0 bridgehead atoms. The molecule has 1 aliphatic heterocycles. The Labute approximate surface area is 163 Å². The van der Waals surface area contributed by atoms with Crippen LogP contribution in [0.4, 0.5) is 4.39 Å². The second-order valence-electron chi connectivity index (χ2n) is 7.57. The van der Waals surface area contributed by atoms with Gasteiger partial charge in [0.25, 0.3) is 0 Å². The number of ether oxygens (including phenoxy) is 1. The number of halogens is 1. The monoisotopic (exact) mass is 376 g/mol. The highest BCUT2D eigenvalue weighted by molar-refractivity contribution is 5.89. The Bertz CT molecular complexity index is 1040. The van der Waals surface area contributed by atoms with E-state index in [1.165, 1.54) is 6.07 Å². The van der Waals surface area contributed by atoms with Crippen LogP contribution in [0.15, 0.2) is 66.7 Å². The van der Waals surface area contributed by atoms with Gasteiger partial charge in [-0.2, -0.15) is 0 Å². The lowest BCUT2D eigenvalue weighted by Crippen LogP contribution is -2.38. The summed E-state index contributed by atoms with van der Waals surface area (Å²) in [4.78, 5) is 11.2. The Kier molecular flexibility index (Phi) is 4.63. The van der Waals surface area contributed by atoms with Crippen LogP contribution in [0.25, 0.3) is 11.1 Å². The van der Waals surface area contributed by atoms with Crippen LogP contribution in [0.3, 0.4) is 0 Å². The van der Waals surface area contributed by atoms with Gasteiger partial charge in [-0.15, -0.1) is 0 Å². The van der Waals surface area contributed by atoms with Gasteiger partial charge in [0.2, 0.25) is 0 Å². The Hall–Kier alpha value is -3.14. The molecule has 1 N–H and O–H groups in total. The van der Waals surface area contributed by atoms with E-state index in [0.717, 1.165) is 40.8 Å². The first-order chi connectivity index (χ1) is 13.4. The number of aromatic carboxylic acids is 1. The fourth-order valence-corrected chi connectivity index (χ4v) is 3.80. The maximum Gasteiger partial charge on any atom is 0.335 e. The van der Waals surface area contributed by atoms with Gasteiger partial charge in [-0.3, -0.25) is 0 Å². The summed E-state index contributed by atoms with van der Waals surface area (Å²) in [5, 5.41) is 9.20. The molecular formula is C24H21FO3. The number of rotatable bonds is 4. The molecule has 0 amide bonds. The fourth-order valence-electron chi connectivity index (χ4n) is 3.80. The third-order valence-electron chi connectivity index (χ3n) is 5.25. The van der Waals surface area contributed by atoms with Gasteiger partial charge in [0.15, 0.2) is 0 Å². The molecule has 1 atom stereocenters. The quantitative estimate of drug-likeness (QED) is 0.652. The minimum atomic E-state index is -0.934. The summed E-state index contributed by atoms with van der Waals surface area (Å²) in [7, 11) is 0. The molecule has 0 saturated carbocycles. The molecule has 1 unspecified atom stereocenters. The summed E-state index contributed by atoms with van der Waals surface area (Å²) in [6, 6.07) is 19.6. The molecule has 28 heavy (non-hydrogen) atoms. The van der Waals surface area contributed by atoms with Crippen molar-refractivity contribution in [1.29, 1.82) is 0 Å². The first kappa shape index (κ1) is 18.2. The predicted octanol–water partition coefficient (Wildman–Crippen LogP) is 5.52. The van der Waals surface area contributed by atoms with E-state index >= 15 is 0 Å². The van der Waals surface area contributed by atoms with Crippen LogP contribution >= 0.6 is 0 Å². The molecule has 3 aromatic rings. The fraction of sp³-hybridized carbons (Fsp3) is 0.208. The van der Waals surface area contributed by atoms with Crippen molar-refractivity contribution in [1.82, 2.24) is 0 Å². The molecule has 142 valence electrons. The molecule has 0 aliphatic carbocycles. The van der Waals surface area contributed by atoms with E-state index in [0.29, 0.717) is 6.42 Å². The van der Waals surface area contributed by atoms with Gasteiger partial charge in [0.1, 0.15) is 17.2 Å². The standard InChI is InChI=1S/C24H21FO3/c1-24(15-16-4-2-7-21(25)12-16)11-10-19-13-18(8-9-22(19)28-24)17-5-3-6-20(14-17)23(26)27/h2-9,12-14H,10-11,15H2,1H3,(H,26,27). The minimum absolute atomic E-state index is 0.231. The molecule has 1 aliphatic rings. The van der Waals surface area contributed by atoms with Crippen molar-refractivity contribution in [2.45, 2.75) is 31.8 Å². The highest BCUT2D eigenvalue weighted by Crippen LogP contribution is 2.37. The van der Waals surface area contributed by atoms with Crippen LogP contribution in [-0.4, -0.2) is 16.7 Å². The predicted molar refractivity (Wildman–Crippen MR) is 106 cm³/mol. The maximum absolute atomic E-state index is 13.5. The zero-order valence-corrected chi connectivity index (χ0v) is 15.6. The smallest absolute Gasteiger partial charge is 0.335 e.